The van der Waals surface area contributed by atoms with Crippen molar-refractivity contribution < 1.29 is 13.2 Å². The van der Waals surface area contributed by atoms with Crippen molar-refractivity contribution in [1.29, 1.82) is 0 Å². The highest BCUT2D eigenvalue weighted by atomic mass is 79.9. The number of rotatable bonds is 6. The van der Waals surface area contributed by atoms with Crippen LogP contribution in [0.4, 0.5) is 0 Å². The number of hydrogen-bond acceptors (Lipinski definition) is 5. The lowest BCUT2D eigenvalue weighted by Crippen LogP contribution is -2.49. The average Bonchev–Trinajstić information content (AvgIpc) is 3.14. The summed E-state index contributed by atoms with van der Waals surface area (Å²) in [7, 11) is -2.06. The van der Waals surface area contributed by atoms with Crippen molar-refractivity contribution in [2.24, 2.45) is 0 Å². The highest BCUT2D eigenvalue weighted by molar-refractivity contribution is 9.10. The highest BCUT2D eigenvalue weighted by Gasteiger charge is 2.30. The van der Waals surface area contributed by atoms with E-state index >= 15 is 0 Å². The highest BCUT2D eigenvalue weighted by Crippen LogP contribution is 2.30. The third-order valence-electron chi connectivity index (χ3n) is 4.33. The summed E-state index contributed by atoms with van der Waals surface area (Å²) in [5, 5.41) is 2.09. The molecule has 1 aromatic heterocycles. The number of sulfonamides is 1. The maximum Gasteiger partial charge on any atom is 0.246 e. The smallest absolute Gasteiger partial charge is 0.246 e. The fourth-order valence-electron chi connectivity index (χ4n) is 2.91. The van der Waals surface area contributed by atoms with Crippen LogP contribution in [0.3, 0.4) is 0 Å². The monoisotopic (exact) mass is 444 g/mol. The number of nitrogens with zero attached hydrogens (tertiary/aromatic N) is 2. The Morgan fingerprint density at radius 3 is 2.60 bits per heavy atom. The van der Waals surface area contributed by atoms with Crippen molar-refractivity contribution in [3.63, 3.8) is 0 Å². The van der Waals surface area contributed by atoms with Crippen molar-refractivity contribution in [2.45, 2.75) is 11.3 Å². The van der Waals surface area contributed by atoms with Gasteiger partial charge in [0.25, 0.3) is 0 Å². The van der Waals surface area contributed by atoms with Crippen molar-refractivity contribution in [3.05, 3.63) is 45.1 Å². The second-order valence-corrected chi connectivity index (χ2v) is 9.72. The first-order chi connectivity index (χ1) is 12.0. The summed E-state index contributed by atoms with van der Waals surface area (Å²) in [4.78, 5) is 3.91. The number of benzene rings is 1. The molecule has 3 rings (SSSR count). The summed E-state index contributed by atoms with van der Waals surface area (Å²) in [5.74, 6) is 0.378. The molecule has 8 heteroatoms. The number of ether oxygens (including phenoxy) is 1. The van der Waals surface area contributed by atoms with Gasteiger partial charge in [-0.15, -0.1) is 11.3 Å². The van der Waals surface area contributed by atoms with E-state index in [4.69, 9.17) is 4.74 Å². The molecule has 0 amide bonds. The number of methoxy groups -OCH3 is 1. The molecule has 1 fully saturated rings. The normalized spacial score (nSPS) is 16.9. The predicted octanol–water partition coefficient (Wildman–Crippen LogP) is 3.07. The molecular weight excluding hydrogens is 424 g/mol. The van der Waals surface area contributed by atoms with E-state index in [1.165, 1.54) is 12.0 Å². The van der Waals surface area contributed by atoms with E-state index in [9.17, 15) is 8.42 Å². The minimum atomic E-state index is -3.56. The first-order valence-electron chi connectivity index (χ1n) is 8.09. The molecule has 0 saturated carbocycles. The SMILES string of the molecule is COc1ccc(Br)cc1S(=O)(=O)N1CCN(CCc2cccs2)CC1. The zero-order valence-corrected chi connectivity index (χ0v) is 17.2. The van der Waals surface area contributed by atoms with Gasteiger partial charge in [0.05, 0.1) is 7.11 Å². The summed E-state index contributed by atoms with van der Waals surface area (Å²) >= 11 is 5.11. The van der Waals surface area contributed by atoms with Crippen LogP contribution in [0.2, 0.25) is 0 Å². The number of halogens is 1. The van der Waals surface area contributed by atoms with E-state index in [2.05, 4.69) is 38.3 Å². The molecule has 0 N–H and O–H groups in total. The Morgan fingerprint density at radius 1 is 1.20 bits per heavy atom. The first-order valence-corrected chi connectivity index (χ1v) is 11.2. The summed E-state index contributed by atoms with van der Waals surface area (Å²) in [5.41, 5.74) is 0. The molecule has 25 heavy (non-hydrogen) atoms. The van der Waals surface area contributed by atoms with Crippen molar-refractivity contribution >= 4 is 37.3 Å². The average molecular weight is 445 g/mol. The van der Waals surface area contributed by atoms with Crippen molar-refractivity contribution in [2.75, 3.05) is 39.8 Å². The van der Waals surface area contributed by atoms with Gasteiger partial charge >= 0.3 is 0 Å². The molecule has 0 spiro atoms. The fourth-order valence-corrected chi connectivity index (χ4v) is 5.72. The Labute approximate surface area is 161 Å². The van der Waals surface area contributed by atoms with Crippen LogP contribution in [0.15, 0.2) is 45.1 Å². The molecule has 1 aromatic carbocycles. The van der Waals surface area contributed by atoms with Crippen LogP contribution in [0.1, 0.15) is 4.88 Å². The van der Waals surface area contributed by atoms with Gasteiger partial charge in [0.1, 0.15) is 10.6 Å². The van der Waals surface area contributed by atoms with Crippen molar-refractivity contribution in [3.8, 4) is 5.75 Å². The van der Waals surface area contributed by atoms with E-state index < -0.39 is 10.0 Å². The number of hydrogen-bond donors (Lipinski definition) is 0. The van der Waals surface area contributed by atoms with Gasteiger partial charge in [-0.25, -0.2) is 8.42 Å². The lowest BCUT2D eigenvalue weighted by atomic mass is 10.3. The van der Waals surface area contributed by atoms with Crippen LogP contribution in [0, 0.1) is 0 Å². The molecule has 1 saturated heterocycles. The van der Waals surface area contributed by atoms with Crippen LogP contribution in [-0.2, 0) is 16.4 Å². The molecule has 2 aromatic rings. The van der Waals surface area contributed by atoms with Gasteiger partial charge in [-0.1, -0.05) is 22.0 Å². The van der Waals surface area contributed by atoms with Gasteiger partial charge in [-0.3, -0.25) is 0 Å². The Kier molecular flexibility index (Phi) is 6.17. The summed E-state index contributed by atoms with van der Waals surface area (Å²) in [6, 6.07) is 9.27. The summed E-state index contributed by atoms with van der Waals surface area (Å²) in [6.45, 7) is 3.47. The van der Waals surface area contributed by atoms with Gasteiger partial charge in [0.15, 0.2) is 0 Å². The molecule has 1 aliphatic heterocycles. The topological polar surface area (TPSA) is 49.9 Å². The van der Waals surface area contributed by atoms with E-state index in [0.717, 1.165) is 30.5 Å². The van der Waals surface area contributed by atoms with Gasteiger partial charge in [0, 0.05) is 42.1 Å². The van der Waals surface area contributed by atoms with Gasteiger partial charge in [-0.2, -0.15) is 4.31 Å². The molecule has 0 aliphatic carbocycles. The van der Waals surface area contributed by atoms with Crippen LogP contribution >= 0.6 is 27.3 Å². The maximum absolute atomic E-state index is 13.0. The van der Waals surface area contributed by atoms with Gasteiger partial charge in [-0.05, 0) is 36.1 Å². The molecule has 0 unspecified atom stereocenters. The second-order valence-electron chi connectivity index (χ2n) is 5.87. The Hall–Kier alpha value is -0.930. The standard InChI is InChI=1S/C17H21BrN2O3S2/c1-23-16-5-4-14(18)13-17(16)25(21,22)20-10-8-19(9-11-20)7-6-15-3-2-12-24-15/h2-5,12-13H,6-11H2,1H3. The number of piperazine rings is 1. The Morgan fingerprint density at radius 2 is 1.96 bits per heavy atom. The minimum absolute atomic E-state index is 0.219. The first kappa shape index (κ1) is 18.8. The van der Waals surface area contributed by atoms with Crippen LogP contribution < -0.4 is 4.74 Å². The second kappa shape index (κ2) is 8.18. The molecule has 5 nitrogen and oxygen atoms in total. The van der Waals surface area contributed by atoms with Crippen LogP contribution in [0.25, 0.3) is 0 Å². The molecule has 1 aliphatic rings. The van der Waals surface area contributed by atoms with Gasteiger partial charge < -0.3 is 9.64 Å². The lowest BCUT2D eigenvalue weighted by Gasteiger charge is -2.34. The maximum atomic E-state index is 13.0. The molecular formula is C17H21BrN2O3S2. The fraction of sp³-hybridized carbons (Fsp3) is 0.412. The third-order valence-corrected chi connectivity index (χ3v) is 7.68. The van der Waals surface area contributed by atoms with E-state index in [1.54, 1.807) is 33.8 Å². The van der Waals surface area contributed by atoms with Crippen LogP contribution in [-0.4, -0.2) is 57.5 Å². The summed E-state index contributed by atoms with van der Waals surface area (Å²) < 4.78 is 33.5. The largest absolute Gasteiger partial charge is 0.495 e. The van der Waals surface area contributed by atoms with Gasteiger partial charge in [0.2, 0.25) is 10.0 Å². The quantitative estimate of drug-likeness (QED) is 0.686. The van der Waals surface area contributed by atoms with Crippen LogP contribution in [0.5, 0.6) is 5.75 Å². The molecule has 0 radical (unpaired) electrons. The van der Waals surface area contributed by atoms with E-state index in [1.807, 2.05) is 0 Å². The number of thiophene rings is 1. The zero-order chi connectivity index (χ0) is 17.9. The molecule has 0 bridgehead atoms. The molecule has 0 atom stereocenters. The third kappa shape index (κ3) is 4.43. The van der Waals surface area contributed by atoms with Crippen molar-refractivity contribution in [1.82, 2.24) is 9.21 Å². The summed E-state index contributed by atoms with van der Waals surface area (Å²) in [6.07, 6.45) is 1.02. The minimum Gasteiger partial charge on any atom is -0.495 e. The zero-order valence-electron chi connectivity index (χ0n) is 14.0. The molecule has 136 valence electrons. The predicted molar refractivity (Wildman–Crippen MR) is 104 cm³/mol. The Balaban J connectivity index is 1.64. The molecule has 2 heterocycles. The Bertz CT molecular complexity index is 801. The van der Waals surface area contributed by atoms with E-state index in [0.29, 0.717) is 18.8 Å². The lowest BCUT2D eigenvalue weighted by molar-refractivity contribution is 0.190. The van der Waals surface area contributed by atoms with E-state index in [-0.39, 0.29) is 4.90 Å².